The maximum Gasteiger partial charge on any atom is 0.338 e. The summed E-state index contributed by atoms with van der Waals surface area (Å²) in [6.07, 6.45) is 3.29. The van der Waals surface area contributed by atoms with E-state index >= 15 is 0 Å². The van der Waals surface area contributed by atoms with E-state index in [0.717, 1.165) is 10.8 Å². The third-order valence-corrected chi connectivity index (χ3v) is 2.40. The SMILES string of the molecule is COC(=O)c1ccc(OC)c2ccncc12. The first-order valence-electron chi connectivity index (χ1n) is 4.77. The number of hydrogen-bond donors (Lipinski definition) is 0. The highest BCUT2D eigenvalue weighted by atomic mass is 16.5. The van der Waals surface area contributed by atoms with Crippen LogP contribution < -0.4 is 4.74 Å². The zero-order valence-corrected chi connectivity index (χ0v) is 9.06. The summed E-state index contributed by atoms with van der Waals surface area (Å²) in [6, 6.07) is 5.23. The van der Waals surface area contributed by atoms with Gasteiger partial charge in [0, 0.05) is 23.2 Å². The van der Waals surface area contributed by atoms with Crippen LogP contribution in [-0.2, 0) is 4.74 Å². The first-order chi connectivity index (χ1) is 7.77. The lowest BCUT2D eigenvalue weighted by Gasteiger charge is -2.08. The number of carbonyl (C=O) groups excluding carboxylic acids is 1. The topological polar surface area (TPSA) is 48.4 Å². The number of methoxy groups -OCH3 is 2. The van der Waals surface area contributed by atoms with E-state index in [9.17, 15) is 4.79 Å². The number of carbonyl (C=O) groups is 1. The molecule has 0 amide bonds. The molecule has 0 aliphatic heterocycles. The van der Waals surface area contributed by atoms with Gasteiger partial charge in [-0.15, -0.1) is 0 Å². The van der Waals surface area contributed by atoms with Crippen LogP contribution in [0, 0.1) is 0 Å². The van der Waals surface area contributed by atoms with Crippen LogP contribution in [0.3, 0.4) is 0 Å². The van der Waals surface area contributed by atoms with Crippen molar-refractivity contribution in [3.8, 4) is 5.75 Å². The Labute approximate surface area is 92.8 Å². The summed E-state index contributed by atoms with van der Waals surface area (Å²) < 4.78 is 9.93. The fourth-order valence-corrected chi connectivity index (χ4v) is 1.63. The van der Waals surface area contributed by atoms with Gasteiger partial charge in [0.25, 0.3) is 0 Å². The largest absolute Gasteiger partial charge is 0.496 e. The van der Waals surface area contributed by atoms with Crippen molar-refractivity contribution in [2.75, 3.05) is 14.2 Å². The molecule has 0 N–H and O–H groups in total. The Kier molecular flexibility index (Phi) is 2.72. The number of esters is 1. The maximum absolute atomic E-state index is 11.5. The second-order valence-electron chi connectivity index (χ2n) is 3.23. The number of hydrogen-bond acceptors (Lipinski definition) is 4. The normalized spacial score (nSPS) is 10.1. The third kappa shape index (κ3) is 1.58. The van der Waals surface area contributed by atoms with Gasteiger partial charge in [0.05, 0.1) is 19.8 Å². The third-order valence-electron chi connectivity index (χ3n) is 2.40. The van der Waals surface area contributed by atoms with Gasteiger partial charge in [-0.25, -0.2) is 4.79 Å². The number of nitrogens with zero attached hydrogens (tertiary/aromatic N) is 1. The molecule has 1 heterocycles. The fraction of sp³-hybridized carbons (Fsp3) is 0.167. The molecule has 0 radical (unpaired) electrons. The quantitative estimate of drug-likeness (QED) is 0.722. The van der Waals surface area contributed by atoms with Gasteiger partial charge < -0.3 is 9.47 Å². The average Bonchev–Trinajstić information content (AvgIpc) is 2.36. The van der Waals surface area contributed by atoms with E-state index in [-0.39, 0.29) is 5.97 Å². The lowest BCUT2D eigenvalue weighted by atomic mass is 10.1. The summed E-state index contributed by atoms with van der Waals surface area (Å²) in [5, 5.41) is 1.58. The Bertz CT molecular complexity index is 537. The molecule has 4 heteroatoms. The highest BCUT2D eigenvalue weighted by Crippen LogP contribution is 2.27. The summed E-state index contributed by atoms with van der Waals surface area (Å²) >= 11 is 0. The van der Waals surface area contributed by atoms with Crippen LogP contribution >= 0.6 is 0 Å². The molecule has 2 rings (SSSR count). The predicted molar refractivity (Wildman–Crippen MR) is 59.6 cm³/mol. The van der Waals surface area contributed by atoms with Gasteiger partial charge in [-0.2, -0.15) is 0 Å². The van der Waals surface area contributed by atoms with Gasteiger partial charge >= 0.3 is 5.97 Å². The van der Waals surface area contributed by atoms with Crippen LogP contribution in [0.15, 0.2) is 30.6 Å². The lowest BCUT2D eigenvalue weighted by Crippen LogP contribution is -2.02. The minimum Gasteiger partial charge on any atom is -0.496 e. The van der Waals surface area contributed by atoms with Gasteiger partial charge in [-0.3, -0.25) is 4.98 Å². The fourth-order valence-electron chi connectivity index (χ4n) is 1.63. The predicted octanol–water partition coefficient (Wildman–Crippen LogP) is 2.03. The molecule has 82 valence electrons. The minimum absolute atomic E-state index is 0.374. The van der Waals surface area contributed by atoms with E-state index in [1.165, 1.54) is 7.11 Å². The molecule has 0 saturated heterocycles. The number of rotatable bonds is 2. The molecule has 4 nitrogen and oxygen atoms in total. The number of aromatic nitrogens is 1. The van der Waals surface area contributed by atoms with Crippen molar-refractivity contribution < 1.29 is 14.3 Å². The summed E-state index contributed by atoms with van der Waals surface area (Å²) in [5.41, 5.74) is 0.492. The van der Waals surface area contributed by atoms with E-state index in [1.807, 2.05) is 0 Å². The van der Waals surface area contributed by atoms with Crippen molar-refractivity contribution in [2.45, 2.75) is 0 Å². The van der Waals surface area contributed by atoms with Crippen molar-refractivity contribution in [1.29, 1.82) is 0 Å². The Hall–Kier alpha value is -2.10. The number of ether oxygens (including phenoxy) is 2. The average molecular weight is 217 g/mol. The first-order valence-corrected chi connectivity index (χ1v) is 4.77. The summed E-state index contributed by atoms with van der Waals surface area (Å²) in [5.74, 6) is 0.339. The van der Waals surface area contributed by atoms with Crippen LogP contribution in [0.1, 0.15) is 10.4 Å². The van der Waals surface area contributed by atoms with Crippen LogP contribution in [0.2, 0.25) is 0 Å². The highest BCUT2D eigenvalue weighted by molar-refractivity contribution is 6.05. The Morgan fingerprint density at radius 3 is 2.69 bits per heavy atom. The van der Waals surface area contributed by atoms with Gasteiger partial charge in [0.1, 0.15) is 5.75 Å². The van der Waals surface area contributed by atoms with Gasteiger partial charge in [-0.1, -0.05) is 0 Å². The van der Waals surface area contributed by atoms with Crippen molar-refractivity contribution >= 4 is 16.7 Å². The van der Waals surface area contributed by atoms with E-state index in [1.54, 1.807) is 37.7 Å². The molecule has 1 aromatic carbocycles. The molecule has 0 spiro atoms. The smallest absolute Gasteiger partial charge is 0.338 e. The summed E-state index contributed by atoms with van der Waals surface area (Å²) in [7, 11) is 2.95. The molecule has 0 aliphatic rings. The van der Waals surface area contributed by atoms with Crippen molar-refractivity contribution in [1.82, 2.24) is 4.98 Å². The maximum atomic E-state index is 11.5. The van der Waals surface area contributed by atoms with Gasteiger partial charge in [0.15, 0.2) is 0 Å². The van der Waals surface area contributed by atoms with E-state index in [4.69, 9.17) is 9.47 Å². The molecule has 0 saturated carbocycles. The second kappa shape index (κ2) is 4.18. The molecule has 0 unspecified atom stereocenters. The molecular formula is C12H11NO3. The molecule has 0 fully saturated rings. The van der Waals surface area contributed by atoms with Crippen LogP contribution in [-0.4, -0.2) is 25.2 Å². The van der Waals surface area contributed by atoms with Gasteiger partial charge in [-0.05, 0) is 18.2 Å². The lowest BCUT2D eigenvalue weighted by molar-refractivity contribution is 0.0603. The van der Waals surface area contributed by atoms with E-state index in [0.29, 0.717) is 11.3 Å². The molecule has 1 aromatic heterocycles. The van der Waals surface area contributed by atoms with Crippen molar-refractivity contribution in [3.05, 3.63) is 36.2 Å². The monoisotopic (exact) mass is 217 g/mol. The van der Waals surface area contributed by atoms with Crippen LogP contribution in [0.5, 0.6) is 5.75 Å². The Morgan fingerprint density at radius 1 is 1.19 bits per heavy atom. The van der Waals surface area contributed by atoms with Gasteiger partial charge in [0.2, 0.25) is 0 Å². The van der Waals surface area contributed by atoms with Crippen LogP contribution in [0.4, 0.5) is 0 Å². The van der Waals surface area contributed by atoms with Crippen molar-refractivity contribution in [3.63, 3.8) is 0 Å². The Morgan fingerprint density at radius 2 is 2.00 bits per heavy atom. The number of benzene rings is 1. The zero-order valence-electron chi connectivity index (χ0n) is 9.06. The second-order valence-corrected chi connectivity index (χ2v) is 3.23. The molecule has 2 aromatic rings. The van der Waals surface area contributed by atoms with Crippen LogP contribution in [0.25, 0.3) is 10.8 Å². The first kappa shape index (κ1) is 10.4. The molecule has 0 bridgehead atoms. The minimum atomic E-state index is -0.374. The molecule has 16 heavy (non-hydrogen) atoms. The van der Waals surface area contributed by atoms with E-state index in [2.05, 4.69) is 4.98 Å². The van der Waals surface area contributed by atoms with Crippen molar-refractivity contribution in [2.24, 2.45) is 0 Å². The number of pyridine rings is 1. The summed E-state index contributed by atoms with van der Waals surface area (Å²) in [6.45, 7) is 0. The zero-order chi connectivity index (χ0) is 11.5. The molecule has 0 aliphatic carbocycles. The summed E-state index contributed by atoms with van der Waals surface area (Å²) in [4.78, 5) is 15.5. The standard InChI is InChI=1S/C12H11NO3/c1-15-11-4-3-9(12(14)16-2)10-7-13-6-5-8(10)11/h3-7H,1-2H3. The Balaban J connectivity index is 2.74. The highest BCUT2D eigenvalue weighted by Gasteiger charge is 2.12. The van der Waals surface area contributed by atoms with E-state index < -0.39 is 0 Å². The number of fused-ring (bicyclic) bond motifs is 1. The molecule has 0 atom stereocenters. The molecular weight excluding hydrogens is 206 g/mol.